The van der Waals surface area contributed by atoms with Gasteiger partial charge in [-0.2, -0.15) is 0 Å². The van der Waals surface area contributed by atoms with Crippen LogP contribution < -0.4 is 5.90 Å². The van der Waals surface area contributed by atoms with E-state index in [-0.39, 0.29) is 6.29 Å². The predicted molar refractivity (Wildman–Crippen MR) is 36.4 cm³/mol. The summed E-state index contributed by atoms with van der Waals surface area (Å²) in [4.78, 5) is 13.3. The molecule has 0 aliphatic carbocycles. The Morgan fingerprint density at radius 1 is 1.64 bits per heavy atom. The molecule has 0 heterocycles. The van der Waals surface area contributed by atoms with Gasteiger partial charge < -0.3 is 25.0 Å². The van der Waals surface area contributed by atoms with Gasteiger partial charge in [0, 0.05) is 0 Å². The van der Waals surface area contributed by atoms with Gasteiger partial charge in [-0.15, -0.1) is 0 Å². The summed E-state index contributed by atoms with van der Waals surface area (Å²) in [5.74, 6) is 4.35. The summed E-state index contributed by atoms with van der Waals surface area (Å²) in [6.45, 7) is -0.597. The average Bonchev–Trinajstić information content (AvgIpc) is 2.03. The second-order valence-electron chi connectivity index (χ2n) is 1.61. The lowest BCUT2D eigenvalue weighted by atomic mass is 10.2. The number of rotatable bonds is 3. The number of hydrogen-bond acceptors (Lipinski definition) is 6. The lowest BCUT2D eigenvalue weighted by Gasteiger charge is -2.06. The number of hydrogen-bond donors (Lipinski definition) is 4. The highest BCUT2D eigenvalue weighted by Crippen LogP contribution is 1.85. The Hall–Kier alpha value is -0.530. The normalized spacial score (nSPS) is 14.3. The summed E-state index contributed by atoms with van der Waals surface area (Å²) in [7, 11) is 1.40. The van der Waals surface area contributed by atoms with Crippen LogP contribution in [0.3, 0.4) is 0 Å². The highest BCUT2D eigenvalue weighted by molar-refractivity contribution is 5.56. The Labute approximate surface area is 64.2 Å². The molecule has 0 bridgehead atoms. The van der Waals surface area contributed by atoms with Crippen molar-refractivity contribution in [3.8, 4) is 0 Å². The summed E-state index contributed by atoms with van der Waals surface area (Å²) in [5, 5.41) is 24.8. The Balaban J connectivity index is 0. The largest absolute Gasteiger partial charge is 0.394 e. The fourth-order valence-corrected chi connectivity index (χ4v) is 0.199. The van der Waals surface area contributed by atoms with E-state index >= 15 is 0 Å². The lowest BCUT2D eigenvalue weighted by molar-refractivity contribution is -0.121. The number of aldehydes is 1. The Morgan fingerprint density at radius 2 is 2.00 bits per heavy atom. The fourth-order valence-electron chi connectivity index (χ4n) is 0.199. The summed E-state index contributed by atoms with van der Waals surface area (Å²) < 4.78 is 0. The van der Waals surface area contributed by atoms with Gasteiger partial charge in [-0.05, 0) is 0 Å². The molecular weight excluding hydrogens is 154 g/mol. The van der Waals surface area contributed by atoms with Crippen LogP contribution in [0.4, 0.5) is 0 Å². The minimum atomic E-state index is -1.46. The van der Waals surface area contributed by atoms with Crippen molar-refractivity contribution >= 4 is 6.29 Å². The standard InChI is InChI=1S/C4H8O4.CH5NO/c5-1-3(7)4(8)2-6;1-3-2/h1,3-4,6-8H,2H2;2H2,1H3/t3-,4-;/m1./s1. The van der Waals surface area contributed by atoms with Crippen molar-refractivity contribution in [1.82, 2.24) is 0 Å². The monoisotopic (exact) mass is 167 g/mol. The highest BCUT2D eigenvalue weighted by atomic mass is 16.6. The van der Waals surface area contributed by atoms with Crippen LogP contribution >= 0.6 is 0 Å². The molecular formula is C5H13NO5. The van der Waals surface area contributed by atoms with Gasteiger partial charge in [-0.3, -0.25) is 0 Å². The minimum Gasteiger partial charge on any atom is -0.394 e. The third-order valence-electron chi connectivity index (χ3n) is 0.721. The molecule has 68 valence electrons. The molecule has 6 heteroatoms. The maximum absolute atomic E-state index is 9.58. The average molecular weight is 167 g/mol. The van der Waals surface area contributed by atoms with Gasteiger partial charge in [-0.25, -0.2) is 5.90 Å². The van der Waals surface area contributed by atoms with Crippen molar-refractivity contribution in [2.75, 3.05) is 13.7 Å². The second kappa shape index (κ2) is 9.47. The fraction of sp³-hybridized carbons (Fsp3) is 0.800. The first-order valence-corrected chi connectivity index (χ1v) is 2.79. The van der Waals surface area contributed by atoms with Gasteiger partial charge in [0.25, 0.3) is 0 Å². The first-order chi connectivity index (χ1) is 5.13. The molecule has 0 fully saturated rings. The minimum absolute atomic E-state index is 0.168. The Morgan fingerprint density at radius 3 is 2.09 bits per heavy atom. The van der Waals surface area contributed by atoms with Crippen LogP contribution in [0, 0.1) is 0 Å². The lowest BCUT2D eigenvalue weighted by Crippen LogP contribution is -2.30. The molecule has 0 radical (unpaired) electrons. The van der Waals surface area contributed by atoms with Crippen molar-refractivity contribution in [2.24, 2.45) is 5.90 Å². The van der Waals surface area contributed by atoms with Gasteiger partial charge in [0.2, 0.25) is 0 Å². The molecule has 0 rings (SSSR count). The summed E-state index contributed by atoms with van der Waals surface area (Å²) in [6.07, 6.45) is -2.63. The van der Waals surface area contributed by atoms with E-state index in [1.807, 2.05) is 0 Å². The smallest absolute Gasteiger partial charge is 0.151 e. The van der Waals surface area contributed by atoms with Crippen LogP contribution in [0.1, 0.15) is 0 Å². The van der Waals surface area contributed by atoms with E-state index in [0.29, 0.717) is 0 Å². The van der Waals surface area contributed by atoms with E-state index in [4.69, 9.17) is 15.3 Å². The zero-order chi connectivity index (χ0) is 9.28. The van der Waals surface area contributed by atoms with Gasteiger partial charge in [0.15, 0.2) is 6.29 Å². The van der Waals surface area contributed by atoms with Gasteiger partial charge in [0.1, 0.15) is 12.2 Å². The molecule has 0 saturated carbocycles. The molecule has 0 amide bonds. The van der Waals surface area contributed by atoms with Crippen LogP contribution in [-0.2, 0) is 9.63 Å². The SMILES string of the molecule is CON.O=C[C@@H](O)[C@H](O)CO. The zero-order valence-corrected chi connectivity index (χ0v) is 6.17. The van der Waals surface area contributed by atoms with E-state index < -0.39 is 18.8 Å². The van der Waals surface area contributed by atoms with E-state index in [2.05, 4.69) is 10.7 Å². The molecule has 0 unspecified atom stereocenters. The van der Waals surface area contributed by atoms with Crippen molar-refractivity contribution < 1.29 is 25.0 Å². The van der Waals surface area contributed by atoms with Crippen molar-refractivity contribution in [2.45, 2.75) is 12.2 Å². The molecule has 0 spiro atoms. The molecule has 6 nitrogen and oxygen atoms in total. The number of carbonyl (C=O) groups excluding carboxylic acids is 1. The predicted octanol–water partition coefficient (Wildman–Crippen LogP) is -2.59. The van der Waals surface area contributed by atoms with Crippen LogP contribution in [0.5, 0.6) is 0 Å². The number of aliphatic hydroxyl groups excluding tert-OH is 3. The van der Waals surface area contributed by atoms with E-state index in [0.717, 1.165) is 0 Å². The van der Waals surface area contributed by atoms with Crippen molar-refractivity contribution in [3.63, 3.8) is 0 Å². The second-order valence-corrected chi connectivity index (χ2v) is 1.61. The molecule has 0 aromatic rings. The van der Waals surface area contributed by atoms with E-state index in [1.165, 1.54) is 7.11 Å². The van der Waals surface area contributed by atoms with E-state index in [1.54, 1.807) is 0 Å². The maximum atomic E-state index is 9.58. The topological polar surface area (TPSA) is 113 Å². The molecule has 2 atom stereocenters. The number of carbonyl (C=O) groups is 1. The molecule has 5 N–H and O–H groups in total. The zero-order valence-electron chi connectivity index (χ0n) is 6.17. The summed E-state index contributed by atoms with van der Waals surface area (Å²) in [5.41, 5.74) is 0. The molecule has 0 aliphatic heterocycles. The van der Waals surface area contributed by atoms with Gasteiger partial charge in [0.05, 0.1) is 13.7 Å². The summed E-state index contributed by atoms with van der Waals surface area (Å²) >= 11 is 0. The first-order valence-electron chi connectivity index (χ1n) is 2.79. The number of aliphatic hydroxyl groups is 3. The number of nitrogens with two attached hydrogens (primary N) is 1. The maximum Gasteiger partial charge on any atom is 0.151 e. The Kier molecular flexibility index (Phi) is 11.3. The van der Waals surface area contributed by atoms with Gasteiger partial charge in [-0.1, -0.05) is 0 Å². The van der Waals surface area contributed by atoms with E-state index in [9.17, 15) is 4.79 Å². The van der Waals surface area contributed by atoms with Crippen molar-refractivity contribution in [3.05, 3.63) is 0 Å². The summed E-state index contributed by atoms with van der Waals surface area (Å²) in [6, 6.07) is 0. The Bertz CT molecular complexity index is 88.9. The van der Waals surface area contributed by atoms with Crippen LogP contribution in [-0.4, -0.2) is 47.5 Å². The molecule has 11 heavy (non-hydrogen) atoms. The highest BCUT2D eigenvalue weighted by Gasteiger charge is 2.12. The molecule has 0 saturated heterocycles. The molecule has 0 aromatic carbocycles. The van der Waals surface area contributed by atoms with Crippen LogP contribution in [0.2, 0.25) is 0 Å². The first kappa shape index (κ1) is 13.1. The van der Waals surface area contributed by atoms with Crippen molar-refractivity contribution in [1.29, 1.82) is 0 Å². The third kappa shape index (κ3) is 9.47. The third-order valence-corrected chi connectivity index (χ3v) is 0.721. The quantitative estimate of drug-likeness (QED) is 0.271. The van der Waals surface area contributed by atoms with Gasteiger partial charge >= 0.3 is 0 Å². The van der Waals surface area contributed by atoms with Crippen LogP contribution in [0.15, 0.2) is 0 Å². The molecule has 0 aromatic heterocycles. The van der Waals surface area contributed by atoms with Crippen LogP contribution in [0.25, 0.3) is 0 Å². The molecule has 0 aliphatic rings.